The fourth-order valence-corrected chi connectivity index (χ4v) is 20.4. The fourth-order valence-electron chi connectivity index (χ4n) is 14.4. The maximum atomic E-state index is 15.6. The van der Waals surface area contributed by atoms with Gasteiger partial charge < -0.3 is 63.8 Å². The minimum absolute atomic E-state index is 0. The van der Waals surface area contributed by atoms with Crippen LogP contribution in [0, 0.1) is 45.6 Å². The standard InChI is InChI=1S/C33H41F3IN4O6P.C25H25F3IN4O6P.C17H17F2N3O3.C16H26FINO4P.CH4/c1-32(2,3)46-48(44,47-33(4,5)6)45-17-27(20-11-21(34)15-22(37)12-20)41-31(43)23-9-7-19(14-24(23)35)29-30(38)39-16-26(40-29)18-8-10-28(42)25(36)13-18;26-15-5-14(6-16(29)9-15)21(11-39-40(36,37)38)33-25(35)17-3-1-13(8-18(17)27)23-24(30)31-10-20(32-23)12-2-4-22(34)19(28)7-12;18-11-6-9(1-3-10(11)17(24)25)15-16(20)21-7-13(22-15)8-2-4-14(23)12(19)5-8;1-15(2,3)22-24(20,23-16(4,5)6)21-10-14(19)11-7-12(17)9-13(18)8-11;/h7,9,11-12,14-16,18,25,27-28,42H,8,10,13,17H2,1-6H3,(H2,38,39)(H,41,43);1,3,5-6,8-10,12,19,21-22,34H,2,4,7,11H2,(H2,30,31)(H,33,35)(H2,36,37,38);1,3,6-8,12,14,23H,2,4-5H2,(H2,20,21)(H,24,25);7-9,14H,10,19H2,1-6H3;1H4/t18-,25-,27-,28-;12-,19-,21-,22-;8-,12-,14-;14-;/m1111./s1. The summed E-state index contributed by atoms with van der Waals surface area (Å²) in [5, 5.41) is 42.9. The second kappa shape index (κ2) is 48.9. The number of nitrogens with zero attached hydrogens (tertiary/aromatic N) is 6. The summed E-state index contributed by atoms with van der Waals surface area (Å²) in [4.78, 5) is 81.3. The molecule has 0 saturated heterocycles. The SMILES string of the molecule is C.CC(C)(C)OP(=O)(OC[C@@H](N)c1cc(F)cc(I)c1)OC(C)(C)C.CC(C)(C)OP(=O)(OC[C@@H](NC(=O)c1ccc(-c2nc([C@@H]3CC[C@@H](O)[C@H](F)C3)cnc2N)cc1F)c1cc(F)cc(I)c1)OC(C)(C)C.Nc1ncc([C@@H]2CC[C@@H](O)[C@H](F)C2)nc1-c1ccc(C(=O)N[C@H](COP(=O)(O)O)c2cc(F)cc(I)c2)c(F)c1.Nc1ncc([C@@H]2CC[C@@H](O)[C@H](F)C2)nc1-c1ccc(C(=O)O)c(F)c1. The second-order valence-corrected chi connectivity index (χ2v) is 44.6. The molecule has 0 spiro atoms. The van der Waals surface area contributed by atoms with E-state index in [1.165, 1.54) is 85.3 Å². The lowest BCUT2D eigenvalue weighted by atomic mass is 9.84. The molecule has 0 bridgehead atoms. The summed E-state index contributed by atoms with van der Waals surface area (Å²) in [5.41, 5.74) is 23.0. The lowest BCUT2D eigenvalue weighted by Crippen LogP contribution is -2.33. The zero-order valence-electron chi connectivity index (χ0n) is 76.4. The number of aliphatic hydroxyl groups excluding tert-OH is 3. The van der Waals surface area contributed by atoms with Crippen LogP contribution in [0.4, 0.5) is 57.0 Å². The van der Waals surface area contributed by atoms with Crippen LogP contribution in [-0.2, 0) is 45.4 Å². The molecule has 9 aromatic rings. The van der Waals surface area contributed by atoms with E-state index in [-0.39, 0.29) is 132 Å². The highest BCUT2D eigenvalue weighted by Gasteiger charge is 2.42. The van der Waals surface area contributed by atoms with Crippen molar-refractivity contribution in [2.24, 2.45) is 5.73 Å². The Labute approximate surface area is 834 Å². The van der Waals surface area contributed by atoms with Crippen LogP contribution < -0.4 is 33.6 Å². The molecule has 3 heterocycles. The zero-order valence-corrected chi connectivity index (χ0v) is 85.6. The third-order valence-electron chi connectivity index (χ3n) is 20.6. The van der Waals surface area contributed by atoms with Gasteiger partial charge in [-0.25, -0.2) is 87.9 Å². The van der Waals surface area contributed by atoms with Gasteiger partial charge in [0.1, 0.15) is 88.0 Å². The summed E-state index contributed by atoms with van der Waals surface area (Å²) < 4.78 is 206. The summed E-state index contributed by atoms with van der Waals surface area (Å²) in [7, 11) is -13.0. The topological polar surface area (TPSA) is 494 Å². The number of carboxylic acids is 1. The number of hydrogen-bond donors (Lipinski definition) is 12. The zero-order chi connectivity index (χ0) is 102. The first kappa shape index (κ1) is 115. The average Bonchev–Trinajstić information content (AvgIpc) is 0.808. The van der Waals surface area contributed by atoms with E-state index in [0.29, 0.717) is 61.0 Å². The molecule has 0 aliphatic heterocycles. The summed E-state index contributed by atoms with van der Waals surface area (Å²) >= 11 is 5.75. The lowest BCUT2D eigenvalue weighted by molar-refractivity contribution is -0.000523. The van der Waals surface area contributed by atoms with Gasteiger partial charge in [0.15, 0.2) is 0 Å². The van der Waals surface area contributed by atoms with E-state index in [9.17, 15) is 74.1 Å². The van der Waals surface area contributed by atoms with Crippen LogP contribution in [0.25, 0.3) is 33.8 Å². The van der Waals surface area contributed by atoms with Gasteiger partial charge in [-0.3, -0.25) is 41.3 Å². The van der Waals surface area contributed by atoms with E-state index < -0.39 is 172 Å². The third kappa shape index (κ3) is 35.0. The van der Waals surface area contributed by atoms with Crippen molar-refractivity contribution in [3.8, 4) is 33.8 Å². The van der Waals surface area contributed by atoms with Crippen LogP contribution in [-0.4, -0.2) is 157 Å². The molecule has 0 unspecified atom stereocenters. The van der Waals surface area contributed by atoms with Gasteiger partial charge in [-0.15, -0.1) is 0 Å². The van der Waals surface area contributed by atoms with E-state index in [0.717, 1.165) is 33.9 Å². The van der Waals surface area contributed by atoms with Gasteiger partial charge in [-0.1, -0.05) is 25.6 Å². The van der Waals surface area contributed by atoms with Gasteiger partial charge in [-0.2, -0.15) is 0 Å². The number of benzene rings is 6. The number of phosphoric acid groups is 3. The van der Waals surface area contributed by atoms with Crippen molar-refractivity contribution in [3.63, 3.8) is 0 Å². The van der Waals surface area contributed by atoms with Gasteiger partial charge in [0.2, 0.25) is 0 Å². The highest BCUT2D eigenvalue weighted by Crippen LogP contribution is 2.58. The number of carboxylic acid groups (broad SMARTS) is 1. The maximum Gasteiger partial charge on any atom is 0.475 e. The number of amides is 2. The molecule has 3 fully saturated rings. The number of alkyl halides is 3. The number of anilines is 3. The molecular weight excluding hydrogens is 2220 g/mol. The Kier molecular flexibility index (Phi) is 40.9. The highest BCUT2D eigenvalue weighted by molar-refractivity contribution is 14.1. The van der Waals surface area contributed by atoms with E-state index >= 15 is 8.78 Å². The molecule has 31 nitrogen and oxygen atoms in total. The third-order valence-corrected chi connectivity index (χ3v) is 27.0. The Balaban J connectivity index is 0.000000234. The van der Waals surface area contributed by atoms with Gasteiger partial charge in [0.25, 0.3) is 11.8 Å². The molecule has 3 aromatic heterocycles. The molecule has 138 heavy (non-hydrogen) atoms. The molecule has 16 N–H and O–H groups in total. The molecule has 2 amide bonds. The number of halogens is 12. The Hall–Kier alpha value is -7.90. The van der Waals surface area contributed by atoms with Crippen molar-refractivity contribution in [3.05, 3.63) is 224 Å². The quantitative estimate of drug-likeness (QED) is 0.0129. The monoisotopic (exact) mass is 2330 g/mol. The van der Waals surface area contributed by atoms with Gasteiger partial charge in [0.05, 0.1) is 131 Å². The minimum atomic E-state index is -4.93. The molecule has 46 heteroatoms. The molecule has 0 radical (unpaired) electrons. The number of nitrogens with one attached hydrogen (secondary N) is 2. The summed E-state index contributed by atoms with van der Waals surface area (Å²) in [6.45, 7) is 19.3. The van der Waals surface area contributed by atoms with Crippen LogP contribution in [0.15, 0.2) is 128 Å². The van der Waals surface area contributed by atoms with Crippen molar-refractivity contribution in [1.82, 2.24) is 40.5 Å². The number of rotatable bonds is 27. The number of hydrogen-bond acceptors (Lipinski definition) is 26. The molecule has 12 rings (SSSR count). The number of carbonyl (C=O) groups excluding carboxylic acids is 2. The highest BCUT2D eigenvalue weighted by atomic mass is 127. The number of phosphoric ester groups is 3. The Morgan fingerprint density at radius 3 is 0.993 bits per heavy atom. The number of nitrogens with two attached hydrogens (primary N) is 4. The molecule has 12 atom stereocenters. The molecular formula is C92H113F9I3N12O19P3. The molecule has 3 aliphatic rings. The summed E-state index contributed by atoms with van der Waals surface area (Å²) in [6, 6.07) is 20.2. The largest absolute Gasteiger partial charge is 0.478 e. The van der Waals surface area contributed by atoms with E-state index in [1.54, 1.807) is 95.2 Å². The molecule has 754 valence electrons. The first-order chi connectivity index (χ1) is 63.6. The van der Waals surface area contributed by atoms with Crippen molar-refractivity contribution < 1.29 is 129 Å². The number of aliphatic hydroxyl groups is 3. The maximum absolute atomic E-state index is 15.6. The number of nitrogen functional groups attached to an aromatic ring is 3. The predicted molar refractivity (Wildman–Crippen MR) is 525 cm³/mol. The van der Waals surface area contributed by atoms with Gasteiger partial charge in [-0.05, 0) is 316 Å². The predicted octanol–water partition coefficient (Wildman–Crippen LogP) is 20.3. The fraction of sp³-hybridized carbons (Fsp3) is 0.446. The van der Waals surface area contributed by atoms with Crippen molar-refractivity contribution in [1.29, 1.82) is 0 Å². The smallest absolute Gasteiger partial charge is 0.475 e. The van der Waals surface area contributed by atoms with Gasteiger partial charge in [0, 0.05) is 45.2 Å². The van der Waals surface area contributed by atoms with E-state index in [4.69, 9.17) is 65.0 Å². The second-order valence-electron chi connectivity index (χ2n) is 36.6. The number of aromatic carboxylic acids is 1. The van der Waals surface area contributed by atoms with Gasteiger partial charge >= 0.3 is 29.4 Å². The average molecular weight is 2340 g/mol. The normalized spacial score (nSPS) is 19.5. The lowest BCUT2D eigenvalue weighted by Gasteiger charge is -2.32. The van der Waals surface area contributed by atoms with Crippen LogP contribution in [0.3, 0.4) is 0 Å². The van der Waals surface area contributed by atoms with E-state index in [1.807, 2.05) is 67.8 Å². The number of carbonyl (C=O) groups is 3. The minimum Gasteiger partial charge on any atom is -0.478 e. The molecule has 6 aromatic carbocycles. The summed E-state index contributed by atoms with van der Waals surface area (Å²) in [6.07, 6.45) is -0.136. The molecule has 3 saturated carbocycles. The summed E-state index contributed by atoms with van der Waals surface area (Å²) in [5.74, 6) is -8.33. The van der Waals surface area contributed by atoms with Crippen LogP contribution in [0.5, 0.6) is 0 Å². The van der Waals surface area contributed by atoms with E-state index in [2.05, 4.69) is 45.1 Å². The van der Waals surface area contributed by atoms with Crippen molar-refractivity contribution >= 4 is 126 Å². The van der Waals surface area contributed by atoms with Crippen molar-refractivity contribution in [2.45, 2.75) is 243 Å². The van der Waals surface area contributed by atoms with Crippen molar-refractivity contribution in [2.75, 3.05) is 37.0 Å². The molecule has 3 aliphatic carbocycles. The Morgan fingerprint density at radius 1 is 0.435 bits per heavy atom. The number of aromatic nitrogens is 6. The van der Waals surface area contributed by atoms with Crippen LogP contribution in [0.2, 0.25) is 0 Å². The Bertz CT molecular complexity index is 5830. The first-order valence-corrected chi connectivity index (χ1v) is 50.5. The van der Waals surface area contributed by atoms with Crippen LogP contribution in [0.1, 0.15) is 249 Å². The Morgan fingerprint density at radius 2 is 0.717 bits per heavy atom. The first-order valence-electron chi connectivity index (χ1n) is 42.8. The van der Waals surface area contributed by atoms with Crippen LogP contribution >= 0.6 is 91.2 Å².